The number of likely N-dealkylation sites (tertiary alicyclic amines) is 2. The lowest BCUT2D eigenvalue weighted by Crippen LogP contribution is -2.49. The third-order valence-corrected chi connectivity index (χ3v) is 6.67. The number of piperidine rings is 1. The zero-order valence-corrected chi connectivity index (χ0v) is 17.4. The van der Waals surface area contributed by atoms with Gasteiger partial charge in [0.2, 0.25) is 5.91 Å². The number of alkyl halides is 4. The number of rotatable bonds is 2. The number of carboxylic acid groups (broad SMARTS) is 1. The van der Waals surface area contributed by atoms with Crippen molar-refractivity contribution < 1.29 is 41.7 Å². The van der Waals surface area contributed by atoms with E-state index in [-0.39, 0.29) is 11.8 Å². The topological polar surface area (TPSA) is 79.3 Å². The largest absolute Gasteiger partial charge is 0.490 e. The van der Waals surface area contributed by atoms with Gasteiger partial charge in [-0.3, -0.25) is 9.69 Å². The minimum Gasteiger partial charge on any atom is -0.475 e. The molecule has 178 valence electrons. The Balaban J connectivity index is 0.000000339. The number of hydrogen-bond donors (Lipinski definition) is 1. The molecule has 11 heteroatoms. The van der Waals surface area contributed by atoms with Crippen molar-refractivity contribution in [3.05, 3.63) is 0 Å². The van der Waals surface area contributed by atoms with Crippen LogP contribution in [0.4, 0.5) is 17.6 Å². The Kier molecular flexibility index (Phi) is 8.14. The SMILES string of the molecule is O=C(O)C(F)(F)F.O=C([C@H]1COC[C@H]2CN(C3CCOCC3)C[C@H]21)N1CCC(F)CC1. The Bertz CT molecular complexity index is 621. The summed E-state index contributed by atoms with van der Waals surface area (Å²) in [4.78, 5) is 26.3. The average molecular weight is 454 g/mol. The van der Waals surface area contributed by atoms with Crippen LogP contribution in [0.3, 0.4) is 0 Å². The lowest BCUT2D eigenvalue weighted by Gasteiger charge is -2.37. The highest BCUT2D eigenvalue weighted by Gasteiger charge is 2.46. The summed E-state index contributed by atoms with van der Waals surface area (Å²) in [6.45, 7) is 6.22. The van der Waals surface area contributed by atoms with Crippen molar-refractivity contribution in [2.75, 3.05) is 52.6 Å². The maximum absolute atomic E-state index is 13.4. The number of carbonyl (C=O) groups excluding carboxylic acids is 1. The van der Waals surface area contributed by atoms with Crippen molar-refractivity contribution in [2.24, 2.45) is 17.8 Å². The fourth-order valence-electron chi connectivity index (χ4n) is 4.94. The molecule has 0 aromatic carbocycles. The normalized spacial score (nSPS) is 31.0. The van der Waals surface area contributed by atoms with Gasteiger partial charge in [-0.15, -0.1) is 0 Å². The molecule has 7 nitrogen and oxygen atoms in total. The average Bonchev–Trinajstić information content (AvgIpc) is 3.19. The van der Waals surface area contributed by atoms with E-state index in [4.69, 9.17) is 19.4 Å². The van der Waals surface area contributed by atoms with Crippen LogP contribution in [0, 0.1) is 17.8 Å². The third kappa shape index (κ3) is 6.29. The van der Waals surface area contributed by atoms with Gasteiger partial charge in [-0.25, -0.2) is 9.18 Å². The van der Waals surface area contributed by atoms with Gasteiger partial charge < -0.3 is 19.5 Å². The zero-order chi connectivity index (χ0) is 22.6. The number of hydrogen-bond acceptors (Lipinski definition) is 5. The van der Waals surface area contributed by atoms with Crippen molar-refractivity contribution in [1.29, 1.82) is 0 Å². The van der Waals surface area contributed by atoms with Gasteiger partial charge in [-0.05, 0) is 37.5 Å². The van der Waals surface area contributed by atoms with Crippen molar-refractivity contribution in [2.45, 2.75) is 44.1 Å². The molecule has 0 saturated carbocycles. The summed E-state index contributed by atoms with van der Waals surface area (Å²) >= 11 is 0. The van der Waals surface area contributed by atoms with E-state index in [2.05, 4.69) is 4.90 Å². The number of amides is 1. The molecule has 0 bridgehead atoms. The minimum absolute atomic E-state index is 0.0373. The first-order valence-corrected chi connectivity index (χ1v) is 10.8. The van der Waals surface area contributed by atoms with Crippen molar-refractivity contribution in [1.82, 2.24) is 9.80 Å². The van der Waals surface area contributed by atoms with Crippen LogP contribution in [0.2, 0.25) is 0 Å². The lowest BCUT2D eigenvalue weighted by molar-refractivity contribution is -0.192. The summed E-state index contributed by atoms with van der Waals surface area (Å²) < 4.78 is 56.4. The summed E-state index contributed by atoms with van der Waals surface area (Å²) in [5.74, 6) is -1.73. The molecule has 0 aromatic heterocycles. The van der Waals surface area contributed by atoms with Crippen molar-refractivity contribution in [3.8, 4) is 0 Å². The lowest BCUT2D eigenvalue weighted by atomic mass is 9.81. The molecule has 4 fully saturated rings. The van der Waals surface area contributed by atoms with Gasteiger partial charge in [0.25, 0.3) is 0 Å². The van der Waals surface area contributed by atoms with E-state index in [9.17, 15) is 22.4 Å². The second-order valence-electron chi connectivity index (χ2n) is 8.67. The van der Waals surface area contributed by atoms with E-state index in [0.717, 1.165) is 45.8 Å². The highest BCUT2D eigenvalue weighted by atomic mass is 19.4. The number of aliphatic carboxylic acids is 1. The molecule has 3 atom stereocenters. The molecule has 0 unspecified atom stereocenters. The standard InChI is InChI=1S/C18H29FN2O3.C2HF3O2/c19-14-1-5-20(6-2-14)18(22)17-12-24-11-13-9-21(10-16(13)17)15-3-7-23-8-4-15;3-2(4,5)1(6)7/h13-17H,1-12H2;(H,6,7)/t13-,16-,17+;/m1./s1. The highest BCUT2D eigenvalue weighted by Crippen LogP contribution is 2.37. The number of fused-ring (bicyclic) bond motifs is 1. The number of nitrogens with zero attached hydrogens (tertiary/aromatic N) is 2. The third-order valence-electron chi connectivity index (χ3n) is 6.67. The van der Waals surface area contributed by atoms with Crippen LogP contribution in [0.1, 0.15) is 25.7 Å². The number of carboxylic acids is 1. The highest BCUT2D eigenvalue weighted by molar-refractivity contribution is 5.79. The van der Waals surface area contributed by atoms with E-state index >= 15 is 0 Å². The molecule has 4 rings (SSSR count). The predicted octanol–water partition coefficient (Wildman–Crippen LogP) is 1.95. The summed E-state index contributed by atoms with van der Waals surface area (Å²) in [7, 11) is 0. The van der Waals surface area contributed by atoms with E-state index in [1.807, 2.05) is 4.90 Å². The molecule has 0 radical (unpaired) electrons. The maximum Gasteiger partial charge on any atom is 0.490 e. The van der Waals surface area contributed by atoms with Gasteiger partial charge in [-0.2, -0.15) is 13.2 Å². The number of halogens is 4. The molecular formula is C20H30F4N2O5. The Morgan fingerprint density at radius 3 is 2.13 bits per heavy atom. The Labute approximate surface area is 178 Å². The molecule has 0 aliphatic carbocycles. The van der Waals surface area contributed by atoms with Gasteiger partial charge >= 0.3 is 12.1 Å². The molecule has 4 aliphatic rings. The fourth-order valence-corrected chi connectivity index (χ4v) is 4.94. The van der Waals surface area contributed by atoms with E-state index < -0.39 is 18.3 Å². The Morgan fingerprint density at radius 1 is 0.935 bits per heavy atom. The van der Waals surface area contributed by atoms with Gasteiger partial charge in [0.05, 0.1) is 19.1 Å². The molecule has 4 heterocycles. The molecular weight excluding hydrogens is 424 g/mol. The van der Waals surface area contributed by atoms with Gasteiger partial charge in [0.1, 0.15) is 6.17 Å². The summed E-state index contributed by atoms with van der Waals surface area (Å²) in [5.41, 5.74) is 0. The molecule has 0 aromatic rings. The number of ether oxygens (including phenoxy) is 2. The monoisotopic (exact) mass is 454 g/mol. The van der Waals surface area contributed by atoms with E-state index in [1.54, 1.807) is 0 Å². The molecule has 4 saturated heterocycles. The number of carbonyl (C=O) groups is 2. The van der Waals surface area contributed by atoms with Gasteiger partial charge in [-0.1, -0.05) is 0 Å². The second kappa shape index (κ2) is 10.4. The van der Waals surface area contributed by atoms with Crippen molar-refractivity contribution >= 4 is 11.9 Å². The van der Waals surface area contributed by atoms with E-state index in [1.165, 1.54) is 0 Å². The summed E-state index contributed by atoms with van der Waals surface area (Å²) in [6, 6.07) is 0.599. The zero-order valence-electron chi connectivity index (χ0n) is 17.4. The predicted molar refractivity (Wildman–Crippen MR) is 101 cm³/mol. The molecule has 4 aliphatic heterocycles. The fraction of sp³-hybridized carbons (Fsp3) is 0.900. The summed E-state index contributed by atoms with van der Waals surface area (Å²) in [6.07, 6.45) is -2.64. The first-order valence-electron chi connectivity index (χ1n) is 10.8. The maximum atomic E-state index is 13.4. The van der Waals surface area contributed by atoms with Crippen LogP contribution in [0.25, 0.3) is 0 Å². The van der Waals surface area contributed by atoms with Crippen molar-refractivity contribution in [3.63, 3.8) is 0 Å². The van der Waals surface area contributed by atoms with Crippen LogP contribution >= 0.6 is 0 Å². The molecule has 31 heavy (non-hydrogen) atoms. The minimum atomic E-state index is -5.08. The van der Waals surface area contributed by atoms with E-state index in [0.29, 0.717) is 50.4 Å². The Morgan fingerprint density at radius 2 is 1.55 bits per heavy atom. The summed E-state index contributed by atoms with van der Waals surface area (Å²) in [5, 5.41) is 7.12. The Hall–Kier alpha value is -1.46. The van der Waals surface area contributed by atoms with Crippen LogP contribution in [-0.2, 0) is 19.1 Å². The van der Waals surface area contributed by atoms with Crippen LogP contribution < -0.4 is 0 Å². The molecule has 1 amide bonds. The van der Waals surface area contributed by atoms with Gasteiger partial charge in [0, 0.05) is 45.4 Å². The first-order chi connectivity index (χ1) is 14.7. The smallest absolute Gasteiger partial charge is 0.475 e. The van der Waals surface area contributed by atoms with Gasteiger partial charge in [0.15, 0.2) is 0 Å². The molecule has 0 spiro atoms. The second-order valence-corrected chi connectivity index (χ2v) is 8.67. The van der Waals surface area contributed by atoms with Crippen LogP contribution in [0.15, 0.2) is 0 Å². The van der Waals surface area contributed by atoms with Crippen LogP contribution in [-0.4, -0.2) is 97.8 Å². The molecule has 1 N–H and O–H groups in total. The quantitative estimate of drug-likeness (QED) is 0.643. The van der Waals surface area contributed by atoms with Crippen LogP contribution in [0.5, 0.6) is 0 Å². The first kappa shape index (κ1) is 24.2.